The van der Waals surface area contributed by atoms with Crippen molar-refractivity contribution in [2.24, 2.45) is 0 Å². The van der Waals surface area contributed by atoms with Crippen molar-refractivity contribution >= 4 is 33.5 Å². The fraction of sp³-hybridized carbons (Fsp3) is 0.0938. The van der Waals surface area contributed by atoms with Crippen LogP contribution in [0.25, 0.3) is 44.8 Å². The van der Waals surface area contributed by atoms with Gasteiger partial charge in [-0.1, -0.05) is 55.1 Å². The molecule has 0 saturated carbocycles. The average molecular weight is 508 g/mol. The second-order valence-electron chi connectivity index (χ2n) is 9.66. The van der Waals surface area contributed by atoms with E-state index in [2.05, 4.69) is 86.6 Å². The monoisotopic (exact) mass is 507 g/mol. The number of aryl methyl sites for hydroxylation is 2. The van der Waals surface area contributed by atoms with Crippen LogP contribution in [0.4, 0.5) is 0 Å². The van der Waals surface area contributed by atoms with Crippen molar-refractivity contribution < 1.29 is 0 Å². The minimum Gasteiger partial charge on any atom is -0.277 e. The van der Waals surface area contributed by atoms with Crippen molar-refractivity contribution in [2.45, 2.75) is 19.3 Å². The molecule has 7 aromatic rings. The van der Waals surface area contributed by atoms with Gasteiger partial charge in [0.1, 0.15) is 0 Å². The van der Waals surface area contributed by atoms with Gasteiger partial charge >= 0.3 is 0 Å². The summed E-state index contributed by atoms with van der Waals surface area (Å²) in [4.78, 5) is 4.68. The number of pyridine rings is 1. The van der Waals surface area contributed by atoms with Gasteiger partial charge in [-0.05, 0) is 72.0 Å². The maximum Gasteiger partial charge on any atom is 0.177 e. The standard InChI is InChI=1S/C32H25N7/c1-2-27-26-19-21(9-12-29(26)35-34-27)18-22-8-11-25-23(16-17-33-30(25)20-22)10-14-31-36-37-32-15-13-28(38-39(31)32)24-6-4-3-5-7-24/h2-9,11-13,15-17,19-20H,1,10,14,18H2,(H,34,35). The third-order valence-electron chi connectivity index (χ3n) is 7.17. The zero-order chi connectivity index (χ0) is 26.2. The highest BCUT2D eigenvalue weighted by Gasteiger charge is 2.11. The molecule has 0 spiro atoms. The highest BCUT2D eigenvalue weighted by molar-refractivity contribution is 5.87. The summed E-state index contributed by atoms with van der Waals surface area (Å²) in [6, 6.07) is 29.2. The van der Waals surface area contributed by atoms with E-state index in [-0.39, 0.29) is 0 Å². The Bertz CT molecular complexity index is 1970. The van der Waals surface area contributed by atoms with Crippen LogP contribution in [0.15, 0.2) is 97.7 Å². The van der Waals surface area contributed by atoms with Crippen LogP contribution in [-0.2, 0) is 19.3 Å². The van der Waals surface area contributed by atoms with Crippen molar-refractivity contribution in [1.82, 2.24) is 35.0 Å². The second kappa shape index (κ2) is 9.61. The zero-order valence-electron chi connectivity index (χ0n) is 21.2. The number of aromatic nitrogens is 7. The van der Waals surface area contributed by atoms with Gasteiger partial charge in [-0.15, -0.1) is 10.2 Å². The Morgan fingerprint density at radius 1 is 0.821 bits per heavy atom. The first-order valence-electron chi connectivity index (χ1n) is 13.0. The molecule has 0 aliphatic carbocycles. The lowest BCUT2D eigenvalue weighted by molar-refractivity contribution is 0.788. The van der Waals surface area contributed by atoms with E-state index in [0.29, 0.717) is 0 Å². The molecule has 1 N–H and O–H groups in total. The van der Waals surface area contributed by atoms with Gasteiger partial charge in [-0.3, -0.25) is 10.1 Å². The Morgan fingerprint density at radius 3 is 2.59 bits per heavy atom. The summed E-state index contributed by atoms with van der Waals surface area (Å²) < 4.78 is 1.86. The molecule has 0 radical (unpaired) electrons. The summed E-state index contributed by atoms with van der Waals surface area (Å²) in [6.45, 7) is 3.87. The minimum absolute atomic E-state index is 0.726. The molecule has 0 aliphatic rings. The number of nitrogens with zero attached hydrogens (tertiary/aromatic N) is 6. The van der Waals surface area contributed by atoms with Crippen molar-refractivity contribution in [3.8, 4) is 11.3 Å². The SMILES string of the molecule is C=Cc1n[nH]c2ccc(Cc3ccc4c(CCc5nnc6ccc(-c7ccccc7)nn56)ccnc4c3)cc12. The molecule has 39 heavy (non-hydrogen) atoms. The van der Waals surface area contributed by atoms with Crippen LogP contribution in [0.1, 0.15) is 28.2 Å². The summed E-state index contributed by atoms with van der Waals surface area (Å²) in [5.74, 6) is 0.845. The largest absolute Gasteiger partial charge is 0.277 e. The Hall–Kier alpha value is -5.17. The lowest BCUT2D eigenvalue weighted by Gasteiger charge is -2.09. The molecule has 7 heteroatoms. The summed E-state index contributed by atoms with van der Waals surface area (Å²) in [5.41, 5.74) is 9.30. The van der Waals surface area contributed by atoms with Gasteiger partial charge in [0.2, 0.25) is 0 Å². The van der Waals surface area contributed by atoms with E-state index in [1.54, 1.807) is 6.08 Å². The molecule has 7 nitrogen and oxygen atoms in total. The number of nitrogens with one attached hydrogen (secondary N) is 1. The smallest absolute Gasteiger partial charge is 0.177 e. The maximum atomic E-state index is 4.83. The van der Waals surface area contributed by atoms with Crippen LogP contribution in [0.5, 0.6) is 0 Å². The van der Waals surface area contributed by atoms with E-state index < -0.39 is 0 Å². The Kier molecular flexibility index (Phi) is 5.66. The van der Waals surface area contributed by atoms with E-state index in [1.165, 1.54) is 16.7 Å². The average Bonchev–Trinajstić information content (AvgIpc) is 3.59. The van der Waals surface area contributed by atoms with Crippen molar-refractivity contribution in [1.29, 1.82) is 0 Å². The van der Waals surface area contributed by atoms with E-state index in [1.807, 2.05) is 41.0 Å². The molecule has 0 atom stereocenters. The zero-order valence-corrected chi connectivity index (χ0v) is 21.2. The van der Waals surface area contributed by atoms with Crippen molar-refractivity contribution in [2.75, 3.05) is 0 Å². The number of benzene rings is 3. The summed E-state index contributed by atoms with van der Waals surface area (Å²) in [7, 11) is 0. The van der Waals surface area contributed by atoms with Crippen LogP contribution in [0.2, 0.25) is 0 Å². The van der Waals surface area contributed by atoms with E-state index >= 15 is 0 Å². The van der Waals surface area contributed by atoms with E-state index in [4.69, 9.17) is 5.10 Å². The molecule has 7 rings (SSSR count). The summed E-state index contributed by atoms with van der Waals surface area (Å²) in [5, 5.41) is 23.2. The van der Waals surface area contributed by atoms with Crippen LogP contribution < -0.4 is 0 Å². The van der Waals surface area contributed by atoms with Crippen LogP contribution in [-0.4, -0.2) is 35.0 Å². The normalized spacial score (nSPS) is 11.5. The number of H-pyrrole nitrogens is 1. The summed E-state index contributed by atoms with van der Waals surface area (Å²) >= 11 is 0. The number of hydrogen-bond donors (Lipinski definition) is 1. The molecule has 0 amide bonds. The molecule has 3 aromatic carbocycles. The quantitative estimate of drug-likeness (QED) is 0.276. The van der Waals surface area contributed by atoms with E-state index in [9.17, 15) is 0 Å². The molecular formula is C32H25N7. The van der Waals surface area contributed by atoms with Crippen LogP contribution in [0.3, 0.4) is 0 Å². The highest BCUT2D eigenvalue weighted by atomic mass is 15.4. The molecular weight excluding hydrogens is 482 g/mol. The maximum absolute atomic E-state index is 4.83. The first kappa shape index (κ1) is 23.0. The van der Waals surface area contributed by atoms with Gasteiger partial charge < -0.3 is 0 Å². The molecule has 188 valence electrons. The third-order valence-corrected chi connectivity index (χ3v) is 7.17. The number of aromatic amines is 1. The lowest BCUT2D eigenvalue weighted by atomic mass is 9.99. The van der Waals surface area contributed by atoms with Gasteiger partial charge in [0.15, 0.2) is 11.5 Å². The molecule has 0 fully saturated rings. The Morgan fingerprint density at radius 2 is 1.69 bits per heavy atom. The molecule has 4 heterocycles. The van der Waals surface area contributed by atoms with Crippen LogP contribution >= 0.6 is 0 Å². The number of rotatable bonds is 7. The first-order valence-corrected chi connectivity index (χ1v) is 13.0. The number of hydrogen-bond acceptors (Lipinski definition) is 5. The van der Waals surface area contributed by atoms with Crippen LogP contribution in [0, 0.1) is 0 Å². The first-order chi connectivity index (χ1) is 19.2. The Labute approximate surface area is 224 Å². The lowest BCUT2D eigenvalue weighted by Crippen LogP contribution is -2.03. The van der Waals surface area contributed by atoms with E-state index in [0.717, 1.165) is 69.5 Å². The second-order valence-corrected chi connectivity index (χ2v) is 9.66. The molecule has 0 saturated heterocycles. The molecule has 0 unspecified atom stereocenters. The highest BCUT2D eigenvalue weighted by Crippen LogP contribution is 2.24. The predicted molar refractivity (Wildman–Crippen MR) is 154 cm³/mol. The third kappa shape index (κ3) is 4.34. The van der Waals surface area contributed by atoms with Gasteiger partial charge in [0.25, 0.3) is 0 Å². The van der Waals surface area contributed by atoms with Gasteiger partial charge in [0.05, 0.1) is 22.4 Å². The minimum atomic E-state index is 0.726. The summed E-state index contributed by atoms with van der Waals surface area (Å²) in [6.07, 6.45) is 6.04. The van der Waals surface area contributed by atoms with Crippen molar-refractivity contribution in [3.05, 3.63) is 126 Å². The molecule has 0 aliphatic heterocycles. The predicted octanol–water partition coefficient (Wildman–Crippen LogP) is 6.23. The Balaban J connectivity index is 1.13. The van der Waals surface area contributed by atoms with Gasteiger partial charge in [0, 0.05) is 29.0 Å². The van der Waals surface area contributed by atoms with Crippen molar-refractivity contribution in [3.63, 3.8) is 0 Å². The van der Waals surface area contributed by atoms with Gasteiger partial charge in [-0.2, -0.15) is 14.7 Å². The van der Waals surface area contributed by atoms with Gasteiger partial charge in [-0.25, -0.2) is 0 Å². The molecule has 0 bridgehead atoms. The topological polar surface area (TPSA) is 84.6 Å². The fourth-order valence-corrected chi connectivity index (χ4v) is 5.16. The number of fused-ring (bicyclic) bond motifs is 3. The fourth-order valence-electron chi connectivity index (χ4n) is 5.16. The molecule has 4 aromatic heterocycles.